The van der Waals surface area contributed by atoms with Crippen molar-refractivity contribution >= 4 is 0 Å². The molecule has 0 amide bonds. The zero-order valence-corrected chi connectivity index (χ0v) is 11.1. The average Bonchev–Trinajstić information content (AvgIpc) is 2.31. The Balaban J connectivity index is 2.35. The lowest BCUT2D eigenvalue weighted by molar-refractivity contribution is 0.237. The molecule has 0 unspecified atom stereocenters. The average molecular weight is 235 g/mol. The highest BCUT2D eigenvalue weighted by Crippen LogP contribution is 2.08. The number of rotatable bonds is 5. The monoisotopic (exact) mass is 235 g/mol. The summed E-state index contributed by atoms with van der Waals surface area (Å²) in [6.45, 7) is 8.97. The zero-order chi connectivity index (χ0) is 12.7. The van der Waals surface area contributed by atoms with E-state index in [1.54, 1.807) is 0 Å². The van der Waals surface area contributed by atoms with Crippen molar-refractivity contribution in [2.24, 2.45) is 5.73 Å². The van der Waals surface area contributed by atoms with E-state index < -0.39 is 0 Å². The summed E-state index contributed by atoms with van der Waals surface area (Å²) in [5, 5.41) is 3.58. The predicted molar refractivity (Wildman–Crippen MR) is 74.7 cm³/mol. The standard InChI is InChI=1S/C14H25N3/c1-4-13(6-5-12(2)15)11-16-14-7-9-17(3)10-8-14/h4-6,14,16H,1,7-11,15H2,2-3H3/b12-5+,13-6+. The van der Waals surface area contributed by atoms with Gasteiger partial charge in [-0.05, 0) is 51.6 Å². The van der Waals surface area contributed by atoms with E-state index in [0.717, 1.165) is 12.2 Å². The Morgan fingerprint density at radius 3 is 2.59 bits per heavy atom. The van der Waals surface area contributed by atoms with E-state index in [-0.39, 0.29) is 0 Å². The maximum atomic E-state index is 5.61. The maximum absolute atomic E-state index is 5.61. The minimum Gasteiger partial charge on any atom is -0.402 e. The topological polar surface area (TPSA) is 41.3 Å². The molecule has 0 aliphatic carbocycles. The number of nitrogens with zero attached hydrogens (tertiary/aromatic N) is 1. The molecule has 0 radical (unpaired) electrons. The van der Waals surface area contributed by atoms with Crippen molar-refractivity contribution in [1.82, 2.24) is 10.2 Å². The van der Waals surface area contributed by atoms with Gasteiger partial charge in [0.15, 0.2) is 0 Å². The van der Waals surface area contributed by atoms with Crippen LogP contribution in [0.25, 0.3) is 0 Å². The minimum atomic E-state index is 0.637. The number of hydrogen-bond donors (Lipinski definition) is 2. The Labute approximate surface area is 105 Å². The van der Waals surface area contributed by atoms with Crippen LogP contribution in [0.3, 0.4) is 0 Å². The molecule has 1 fully saturated rings. The fraction of sp³-hybridized carbons (Fsp3) is 0.571. The molecule has 0 aromatic heterocycles. The second-order valence-electron chi connectivity index (χ2n) is 4.81. The Morgan fingerprint density at radius 2 is 2.06 bits per heavy atom. The molecular formula is C14H25N3. The molecule has 0 saturated carbocycles. The first kappa shape index (κ1) is 14.0. The summed E-state index contributed by atoms with van der Waals surface area (Å²) in [4.78, 5) is 2.38. The van der Waals surface area contributed by atoms with E-state index in [2.05, 4.69) is 23.8 Å². The predicted octanol–water partition coefficient (Wildman–Crippen LogP) is 1.65. The van der Waals surface area contributed by atoms with Crippen molar-refractivity contribution < 1.29 is 0 Å². The normalized spacial score (nSPS) is 20.6. The lowest BCUT2D eigenvalue weighted by Gasteiger charge is -2.29. The molecule has 0 atom stereocenters. The molecule has 1 saturated heterocycles. The zero-order valence-electron chi connectivity index (χ0n) is 11.1. The highest BCUT2D eigenvalue weighted by atomic mass is 15.1. The highest BCUT2D eigenvalue weighted by molar-refractivity contribution is 5.24. The highest BCUT2D eigenvalue weighted by Gasteiger charge is 2.15. The van der Waals surface area contributed by atoms with Crippen molar-refractivity contribution in [2.75, 3.05) is 26.7 Å². The number of allylic oxidation sites excluding steroid dienone is 3. The van der Waals surface area contributed by atoms with Gasteiger partial charge in [-0.3, -0.25) is 0 Å². The molecule has 3 N–H and O–H groups in total. The first-order valence-corrected chi connectivity index (χ1v) is 6.29. The van der Waals surface area contributed by atoms with Gasteiger partial charge in [-0.2, -0.15) is 0 Å². The molecule has 0 bridgehead atoms. The van der Waals surface area contributed by atoms with Crippen LogP contribution in [0.1, 0.15) is 19.8 Å². The third-order valence-corrected chi connectivity index (χ3v) is 3.14. The second-order valence-corrected chi connectivity index (χ2v) is 4.81. The summed E-state index contributed by atoms with van der Waals surface area (Å²) in [5.74, 6) is 0. The van der Waals surface area contributed by atoms with Gasteiger partial charge in [0.2, 0.25) is 0 Å². The maximum Gasteiger partial charge on any atom is 0.0207 e. The van der Waals surface area contributed by atoms with Crippen LogP contribution in [-0.2, 0) is 0 Å². The van der Waals surface area contributed by atoms with Crippen molar-refractivity contribution in [3.05, 3.63) is 36.1 Å². The number of hydrogen-bond acceptors (Lipinski definition) is 3. The SMILES string of the molecule is C=C/C(=C\C=C(/C)N)CNC1CCN(C)CC1. The van der Waals surface area contributed by atoms with Gasteiger partial charge in [0.05, 0.1) is 0 Å². The van der Waals surface area contributed by atoms with Crippen LogP contribution in [-0.4, -0.2) is 37.6 Å². The van der Waals surface area contributed by atoms with Crippen LogP contribution in [0.4, 0.5) is 0 Å². The third-order valence-electron chi connectivity index (χ3n) is 3.14. The fourth-order valence-electron chi connectivity index (χ4n) is 1.91. The van der Waals surface area contributed by atoms with Crippen molar-refractivity contribution in [3.8, 4) is 0 Å². The van der Waals surface area contributed by atoms with E-state index in [0.29, 0.717) is 6.04 Å². The molecule has 3 heteroatoms. The van der Waals surface area contributed by atoms with E-state index >= 15 is 0 Å². The largest absolute Gasteiger partial charge is 0.402 e. The Kier molecular flexibility index (Phi) is 6.01. The fourth-order valence-corrected chi connectivity index (χ4v) is 1.91. The van der Waals surface area contributed by atoms with E-state index in [1.165, 1.54) is 31.5 Å². The molecule has 0 aromatic rings. The van der Waals surface area contributed by atoms with Gasteiger partial charge >= 0.3 is 0 Å². The van der Waals surface area contributed by atoms with Gasteiger partial charge in [0.25, 0.3) is 0 Å². The van der Waals surface area contributed by atoms with Crippen molar-refractivity contribution in [2.45, 2.75) is 25.8 Å². The van der Waals surface area contributed by atoms with Crippen LogP contribution in [0.2, 0.25) is 0 Å². The van der Waals surface area contributed by atoms with E-state index in [4.69, 9.17) is 5.73 Å². The van der Waals surface area contributed by atoms with Gasteiger partial charge < -0.3 is 16.0 Å². The molecule has 17 heavy (non-hydrogen) atoms. The van der Waals surface area contributed by atoms with Crippen molar-refractivity contribution in [3.63, 3.8) is 0 Å². The smallest absolute Gasteiger partial charge is 0.0207 e. The molecule has 1 aliphatic heterocycles. The van der Waals surface area contributed by atoms with Gasteiger partial charge in [0, 0.05) is 18.3 Å². The summed E-state index contributed by atoms with van der Waals surface area (Å²) < 4.78 is 0. The number of piperidine rings is 1. The molecule has 3 nitrogen and oxygen atoms in total. The molecule has 0 aromatic carbocycles. The van der Waals surface area contributed by atoms with Crippen LogP contribution in [0, 0.1) is 0 Å². The summed E-state index contributed by atoms with van der Waals surface area (Å²) >= 11 is 0. The molecular weight excluding hydrogens is 210 g/mol. The minimum absolute atomic E-state index is 0.637. The van der Waals surface area contributed by atoms with Gasteiger partial charge in [-0.1, -0.05) is 18.7 Å². The summed E-state index contributed by atoms with van der Waals surface area (Å²) in [5.41, 5.74) is 7.62. The summed E-state index contributed by atoms with van der Waals surface area (Å²) in [6, 6.07) is 0.637. The van der Waals surface area contributed by atoms with Crippen LogP contribution in [0.5, 0.6) is 0 Å². The molecule has 96 valence electrons. The van der Waals surface area contributed by atoms with E-state index in [9.17, 15) is 0 Å². The molecule has 1 heterocycles. The van der Waals surface area contributed by atoms with Gasteiger partial charge in [0.1, 0.15) is 0 Å². The Bertz CT molecular complexity index is 293. The summed E-state index contributed by atoms with van der Waals surface area (Å²) in [6.07, 6.45) is 8.30. The molecule has 1 rings (SSSR count). The Hall–Kier alpha value is -1.06. The van der Waals surface area contributed by atoms with E-state index in [1.807, 2.05) is 25.2 Å². The number of likely N-dealkylation sites (tertiary alicyclic amines) is 1. The molecule has 1 aliphatic rings. The van der Waals surface area contributed by atoms with Crippen LogP contribution >= 0.6 is 0 Å². The van der Waals surface area contributed by atoms with Gasteiger partial charge in [-0.25, -0.2) is 0 Å². The van der Waals surface area contributed by atoms with Crippen LogP contribution in [0.15, 0.2) is 36.1 Å². The quantitative estimate of drug-likeness (QED) is 0.712. The van der Waals surface area contributed by atoms with Crippen molar-refractivity contribution in [1.29, 1.82) is 0 Å². The Morgan fingerprint density at radius 1 is 1.41 bits per heavy atom. The number of nitrogens with two attached hydrogens (primary N) is 1. The van der Waals surface area contributed by atoms with Crippen LogP contribution < -0.4 is 11.1 Å². The first-order chi connectivity index (χ1) is 8.11. The second kappa shape index (κ2) is 7.30. The number of nitrogens with one attached hydrogen (secondary N) is 1. The third kappa shape index (κ3) is 5.71. The lowest BCUT2D eigenvalue weighted by Crippen LogP contribution is -2.41. The summed E-state index contributed by atoms with van der Waals surface area (Å²) in [7, 11) is 2.18. The lowest BCUT2D eigenvalue weighted by atomic mass is 10.1. The molecule has 0 spiro atoms. The first-order valence-electron chi connectivity index (χ1n) is 6.29. The van der Waals surface area contributed by atoms with Gasteiger partial charge in [-0.15, -0.1) is 0 Å².